The van der Waals surface area contributed by atoms with E-state index < -0.39 is 0 Å². The largest absolute Gasteiger partial charge is 0.299 e. The van der Waals surface area contributed by atoms with E-state index in [1.807, 2.05) is 0 Å². The highest BCUT2D eigenvalue weighted by Crippen LogP contribution is 2.34. The summed E-state index contributed by atoms with van der Waals surface area (Å²) in [5.41, 5.74) is 2.68. The van der Waals surface area contributed by atoms with Gasteiger partial charge in [-0.15, -0.1) is 11.8 Å². The number of nitrogens with zero attached hydrogens (tertiary/aromatic N) is 2. The second kappa shape index (κ2) is 5.77. The third-order valence-corrected chi connectivity index (χ3v) is 5.07. The van der Waals surface area contributed by atoms with E-state index in [1.54, 1.807) is 11.8 Å². The van der Waals surface area contributed by atoms with Crippen molar-refractivity contribution < 1.29 is 0 Å². The van der Waals surface area contributed by atoms with E-state index in [-0.39, 0.29) is 4.75 Å². The molecular weight excluding hydrogens is 240 g/mol. The fourth-order valence-electron chi connectivity index (χ4n) is 2.39. The number of likely N-dealkylation sites (tertiary alicyclic amines) is 1. The van der Waals surface area contributed by atoms with Crippen molar-refractivity contribution in [2.24, 2.45) is 0 Å². The highest BCUT2D eigenvalue weighted by molar-refractivity contribution is 8.00. The minimum absolute atomic E-state index is 0.135. The summed E-state index contributed by atoms with van der Waals surface area (Å²) in [6, 6.07) is 11.2. The Labute approximate surface area is 114 Å². The predicted molar refractivity (Wildman–Crippen MR) is 77.5 cm³/mol. The molecule has 1 aliphatic heterocycles. The van der Waals surface area contributed by atoms with Crippen LogP contribution in [0.4, 0.5) is 0 Å². The molecule has 0 unspecified atom stereocenters. The summed E-state index contributed by atoms with van der Waals surface area (Å²) in [6.45, 7) is 5.19. The third kappa shape index (κ3) is 3.07. The predicted octanol–water partition coefficient (Wildman–Crippen LogP) is 3.22. The van der Waals surface area contributed by atoms with E-state index in [2.05, 4.69) is 48.4 Å². The van der Waals surface area contributed by atoms with E-state index in [0.717, 1.165) is 32.5 Å². The van der Waals surface area contributed by atoms with E-state index in [4.69, 9.17) is 0 Å². The van der Waals surface area contributed by atoms with Gasteiger partial charge in [0.1, 0.15) is 4.75 Å². The Balaban J connectivity index is 1.91. The van der Waals surface area contributed by atoms with Crippen LogP contribution < -0.4 is 0 Å². The van der Waals surface area contributed by atoms with E-state index in [9.17, 15) is 5.26 Å². The number of hydrogen-bond donors (Lipinski definition) is 0. The number of aryl methyl sites for hydroxylation is 1. The van der Waals surface area contributed by atoms with Crippen molar-refractivity contribution in [1.29, 1.82) is 5.26 Å². The molecule has 0 spiro atoms. The highest BCUT2D eigenvalue weighted by Gasteiger charge is 2.33. The number of piperidine rings is 1. The summed E-state index contributed by atoms with van der Waals surface area (Å²) in [5, 5.41) is 9.26. The van der Waals surface area contributed by atoms with Crippen LogP contribution in [-0.2, 0) is 6.54 Å². The number of rotatable bonds is 3. The maximum atomic E-state index is 9.26. The minimum atomic E-state index is -0.135. The monoisotopic (exact) mass is 260 g/mol. The van der Waals surface area contributed by atoms with E-state index in [1.165, 1.54) is 11.1 Å². The fourth-order valence-corrected chi connectivity index (χ4v) is 3.07. The maximum Gasteiger partial charge on any atom is 0.104 e. The first-order valence-corrected chi connectivity index (χ1v) is 7.64. The van der Waals surface area contributed by atoms with Crippen molar-refractivity contribution in [2.75, 3.05) is 19.3 Å². The van der Waals surface area contributed by atoms with Gasteiger partial charge in [-0.2, -0.15) is 5.26 Å². The molecule has 0 aliphatic carbocycles. The smallest absolute Gasteiger partial charge is 0.104 e. The number of nitriles is 1. The standard InChI is InChI=1S/C15H20N2S/c1-13-3-5-14(6-4-13)11-17-9-7-15(12-16,18-2)8-10-17/h3-6H,7-11H2,1-2H3. The topological polar surface area (TPSA) is 27.0 Å². The number of hydrogen-bond acceptors (Lipinski definition) is 3. The molecule has 1 saturated heterocycles. The van der Waals surface area contributed by atoms with Gasteiger partial charge >= 0.3 is 0 Å². The average Bonchev–Trinajstić information content (AvgIpc) is 2.43. The van der Waals surface area contributed by atoms with Crippen LogP contribution in [0.2, 0.25) is 0 Å². The summed E-state index contributed by atoms with van der Waals surface area (Å²) in [5.74, 6) is 0. The van der Waals surface area contributed by atoms with Crippen molar-refractivity contribution in [3.05, 3.63) is 35.4 Å². The van der Waals surface area contributed by atoms with Gasteiger partial charge in [-0.05, 0) is 31.6 Å². The molecule has 0 aromatic heterocycles. The van der Waals surface area contributed by atoms with Gasteiger partial charge in [-0.3, -0.25) is 4.90 Å². The molecule has 3 heteroatoms. The lowest BCUT2D eigenvalue weighted by molar-refractivity contribution is 0.209. The zero-order valence-electron chi connectivity index (χ0n) is 11.1. The fraction of sp³-hybridized carbons (Fsp3) is 0.533. The second-order valence-electron chi connectivity index (χ2n) is 5.07. The van der Waals surface area contributed by atoms with E-state index in [0.29, 0.717) is 0 Å². The van der Waals surface area contributed by atoms with Gasteiger partial charge in [0, 0.05) is 19.6 Å². The molecule has 1 aromatic rings. The van der Waals surface area contributed by atoms with Crippen molar-refractivity contribution in [2.45, 2.75) is 31.1 Å². The molecule has 0 N–H and O–H groups in total. The number of thioether (sulfide) groups is 1. The summed E-state index contributed by atoms with van der Waals surface area (Å²) < 4.78 is -0.135. The van der Waals surface area contributed by atoms with Crippen LogP contribution in [0.25, 0.3) is 0 Å². The van der Waals surface area contributed by atoms with Crippen molar-refractivity contribution >= 4 is 11.8 Å². The van der Waals surface area contributed by atoms with Crippen molar-refractivity contribution in [3.63, 3.8) is 0 Å². The van der Waals surface area contributed by atoms with Crippen molar-refractivity contribution in [1.82, 2.24) is 4.90 Å². The summed E-state index contributed by atoms with van der Waals surface area (Å²) in [6.07, 6.45) is 4.02. The lowest BCUT2D eigenvalue weighted by Crippen LogP contribution is -2.41. The Morgan fingerprint density at radius 3 is 2.39 bits per heavy atom. The van der Waals surface area contributed by atoms with Gasteiger partial charge in [-0.25, -0.2) is 0 Å². The first-order chi connectivity index (χ1) is 8.67. The van der Waals surface area contributed by atoms with Crippen LogP contribution in [-0.4, -0.2) is 29.0 Å². The van der Waals surface area contributed by atoms with Crippen LogP contribution in [0.15, 0.2) is 24.3 Å². The third-order valence-electron chi connectivity index (χ3n) is 3.79. The molecule has 1 aromatic carbocycles. The molecular formula is C15H20N2S. The molecule has 1 fully saturated rings. The quantitative estimate of drug-likeness (QED) is 0.835. The summed E-state index contributed by atoms with van der Waals surface area (Å²) in [4.78, 5) is 2.45. The zero-order chi connectivity index (χ0) is 13.0. The van der Waals surface area contributed by atoms with Gasteiger partial charge in [-0.1, -0.05) is 29.8 Å². The summed E-state index contributed by atoms with van der Waals surface area (Å²) in [7, 11) is 0. The normalized spacial score (nSPS) is 19.4. The molecule has 2 rings (SSSR count). The first kappa shape index (κ1) is 13.5. The molecule has 0 amide bonds. The molecule has 1 aliphatic rings. The van der Waals surface area contributed by atoms with Crippen LogP contribution >= 0.6 is 11.8 Å². The summed E-state index contributed by atoms with van der Waals surface area (Å²) >= 11 is 1.72. The Hall–Kier alpha value is -0.980. The molecule has 0 radical (unpaired) electrons. The molecule has 2 nitrogen and oxygen atoms in total. The van der Waals surface area contributed by atoms with Gasteiger partial charge < -0.3 is 0 Å². The molecule has 0 bridgehead atoms. The second-order valence-corrected chi connectivity index (χ2v) is 6.26. The Kier molecular flexibility index (Phi) is 4.31. The van der Waals surface area contributed by atoms with Crippen LogP contribution in [0.3, 0.4) is 0 Å². The Morgan fingerprint density at radius 2 is 1.89 bits per heavy atom. The highest BCUT2D eigenvalue weighted by atomic mass is 32.2. The lowest BCUT2D eigenvalue weighted by Gasteiger charge is -2.36. The van der Waals surface area contributed by atoms with Gasteiger partial charge in [0.15, 0.2) is 0 Å². The van der Waals surface area contributed by atoms with Gasteiger partial charge in [0.05, 0.1) is 6.07 Å². The van der Waals surface area contributed by atoms with Crippen LogP contribution in [0.1, 0.15) is 24.0 Å². The van der Waals surface area contributed by atoms with Crippen LogP contribution in [0, 0.1) is 18.3 Å². The lowest BCUT2D eigenvalue weighted by atomic mass is 9.97. The Morgan fingerprint density at radius 1 is 1.28 bits per heavy atom. The Bertz CT molecular complexity index is 425. The minimum Gasteiger partial charge on any atom is -0.299 e. The molecule has 96 valence electrons. The number of benzene rings is 1. The zero-order valence-corrected chi connectivity index (χ0v) is 12.0. The molecule has 0 saturated carbocycles. The van der Waals surface area contributed by atoms with Crippen LogP contribution in [0.5, 0.6) is 0 Å². The van der Waals surface area contributed by atoms with Crippen molar-refractivity contribution in [3.8, 4) is 6.07 Å². The SMILES string of the molecule is CSC1(C#N)CCN(Cc2ccc(C)cc2)CC1. The molecule has 1 heterocycles. The van der Waals surface area contributed by atoms with E-state index >= 15 is 0 Å². The first-order valence-electron chi connectivity index (χ1n) is 6.42. The molecule has 0 atom stereocenters. The van der Waals surface area contributed by atoms with Gasteiger partial charge in [0.25, 0.3) is 0 Å². The van der Waals surface area contributed by atoms with Gasteiger partial charge in [0.2, 0.25) is 0 Å². The molecule has 18 heavy (non-hydrogen) atoms. The average molecular weight is 260 g/mol. The maximum absolute atomic E-state index is 9.26.